The quantitative estimate of drug-likeness (QED) is 0.472. The van der Waals surface area contributed by atoms with Crippen LogP contribution in [0.1, 0.15) is 0 Å². The van der Waals surface area contributed by atoms with Crippen molar-refractivity contribution in [3.63, 3.8) is 0 Å². The number of benzene rings is 2. The van der Waals surface area contributed by atoms with E-state index in [0.29, 0.717) is 11.3 Å². The van der Waals surface area contributed by atoms with Gasteiger partial charge in [-0.3, -0.25) is 4.98 Å². The van der Waals surface area contributed by atoms with Crippen molar-refractivity contribution in [1.29, 1.82) is 0 Å². The normalized spacial score (nSPS) is 10.7. The topological polar surface area (TPSA) is 38.7 Å². The van der Waals surface area contributed by atoms with E-state index in [9.17, 15) is 4.39 Å². The molecule has 0 radical (unpaired) electrons. The van der Waals surface area contributed by atoms with Crippen molar-refractivity contribution in [2.45, 2.75) is 0 Å². The maximum absolute atomic E-state index is 13.8. The van der Waals surface area contributed by atoms with E-state index in [2.05, 4.69) is 15.2 Å². The molecular weight excluding hydrogens is 349 g/mol. The average Bonchev–Trinajstić information content (AvgIpc) is 2.69. The molecule has 0 aliphatic heterocycles. The zero-order valence-corrected chi connectivity index (χ0v) is 14.4. The first kappa shape index (κ1) is 16.4. The number of aromatic nitrogens is 3. The third-order valence-corrected chi connectivity index (χ3v) is 4.32. The van der Waals surface area contributed by atoms with Crippen LogP contribution >= 0.6 is 11.6 Å². The lowest BCUT2D eigenvalue weighted by atomic mass is 9.92. The predicted molar refractivity (Wildman–Crippen MR) is 101 cm³/mol. The summed E-state index contributed by atoms with van der Waals surface area (Å²) in [5.74, 6) is -0.330. The highest BCUT2D eigenvalue weighted by Crippen LogP contribution is 2.41. The fraction of sp³-hybridized carbons (Fsp3) is 0. The molecule has 0 N–H and O–H groups in total. The van der Waals surface area contributed by atoms with Crippen molar-refractivity contribution in [2.75, 3.05) is 0 Å². The Morgan fingerprint density at radius 3 is 2.12 bits per heavy atom. The minimum atomic E-state index is -0.330. The predicted octanol–water partition coefficient (Wildman–Crippen LogP) is 5.67. The van der Waals surface area contributed by atoms with Crippen LogP contribution < -0.4 is 0 Å². The molecule has 0 aliphatic rings. The maximum Gasteiger partial charge on any atom is 0.160 e. The summed E-state index contributed by atoms with van der Waals surface area (Å²) in [6.07, 6.45) is 3.39. The number of hydrogen-bond donors (Lipinski definition) is 0. The molecule has 2 heterocycles. The van der Waals surface area contributed by atoms with Gasteiger partial charge in [-0.15, -0.1) is 10.2 Å². The van der Waals surface area contributed by atoms with Gasteiger partial charge >= 0.3 is 0 Å². The van der Waals surface area contributed by atoms with Crippen molar-refractivity contribution in [1.82, 2.24) is 15.2 Å². The van der Waals surface area contributed by atoms with E-state index < -0.39 is 0 Å². The number of nitrogens with zero attached hydrogens (tertiary/aromatic N) is 3. The molecule has 0 bridgehead atoms. The van der Waals surface area contributed by atoms with Crippen LogP contribution in [0.5, 0.6) is 0 Å². The van der Waals surface area contributed by atoms with Crippen LogP contribution in [0.3, 0.4) is 0 Å². The summed E-state index contributed by atoms with van der Waals surface area (Å²) in [4.78, 5) is 4.07. The SMILES string of the molecule is Fc1cccc(-c2nnc(Cl)c(-c3ccncc3)c2-c2ccccc2)c1. The maximum atomic E-state index is 13.8. The molecule has 0 aliphatic carbocycles. The van der Waals surface area contributed by atoms with Crippen LogP contribution in [-0.4, -0.2) is 15.2 Å². The third kappa shape index (κ3) is 3.07. The summed E-state index contributed by atoms with van der Waals surface area (Å²) >= 11 is 6.44. The number of pyridine rings is 1. The Morgan fingerprint density at radius 2 is 1.38 bits per heavy atom. The second-order valence-corrected chi connectivity index (χ2v) is 6.06. The highest BCUT2D eigenvalue weighted by atomic mass is 35.5. The van der Waals surface area contributed by atoms with Crippen molar-refractivity contribution in [3.8, 4) is 33.5 Å². The molecule has 0 atom stereocenters. The lowest BCUT2D eigenvalue weighted by Gasteiger charge is -2.15. The molecule has 0 saturated heterocycles. The van der Waals surface area contributed by atoms with Gasteiger partial charge < -0.3 is 0 Å². The molecule has 0 unspecified atom stereocenters. The third-order valence-electron chi connectivity index (χ3n) is 4.06. The molecule has 0 fully saturated rings. The Hall–Kier alpha value is -3.11. The van der Waals surface area contributed by atoms with Gasteiger partial charge in [-0.05, 0) is 35.4 Å². The smallest absolute Gasteiger partial charge is 0.160 e. The Kier molecular flexibility index (Phi) is 4.42. The molecular formula is C21H13ClFN3. The first-order valence-electron chi connectivity index (χ1n) is 8.02. The number of hydrogen-bond acceptors (Lipinski definition) is 3. The van der Waals surface area contributed by atoms with Crippen molar-refractivity contribution in [3.05, 3.63) is 90.1 Å². The lowest BCUT2D eigenvalue weighted by molar-refractivity contribution is 0.628. The van der Waals surface area contributed by atoms with Gasteiger partial charge in [0, 0.05) is 29.1 Å². The standard InChI is InChI=1S/C21H13ClFN3/c22-21-19(15-9-11-24-12-10-15)18(14-5-2-1-3-6-14)20(25-26-21)16-7-4-8-17(23)13-16/h1-13H. The average molecular weight is 362 g/mol. The van der Waals surface area contributed by atoms with Crippen LogP contribution in [0, 0.1) is 5.82 Å². The summed E-state index contributed by atoms with van der Waals surface area (Å²) in [6.45, 7) is 0. The summed E-state index contributed by atoms with van der Waals surface area (Å²) in [7, 11) is 0. The molecule has 26 heavy (non-hydrogen) atoms. The fourth-order valence-corrected chi connectivity index (χ4v) is 3.16. The second-order valence-electron chi connectivity index (χ2n) is 5.70. The molecule has 4 rings (SSSR count). The van der Waals surface area contributed by atoms with Crippen LogP contribution in [0.2, 0.25) is 5.15 Å². The monoisotopic (exact) mass is 361 g/mol. The molecule has 5 heteroatoms. The minimum Gasteiger partial charge on any atom is -0.265 e. The van der Waals surface area contributed by atoms with E-state index in [1.54, 1.807) is 18.5 Å². The highest BCUT2D eigenvalue weighted by molar-refractivity contribution is 6.33. The molecule has 0 spiro atoms. The first-order chi connectivity index (χ1) is 12.7. The van der Waals surface area contributed by atoms with Gasteiger partial charge in [-0.2, -0.15) is 0 Å². The molecule has 2 aromatic heterocycles. The van der Waals surface area contributed by atoms with Crippen molar-refractivity contribution in [2.24, 2.45) is 0 Å². The molecule has 0 saturated carbocycles. The van der Waals surface area contributed by atoms with E-state index in [4.69, 9.17) is 11.6 Å². The van der Waals surface area contributed by atoms with Crippen LogP contribution in [-0.2, 0) is 0 Å². The van der Waals surface area contributed by atoms with Crippen LogP contribution in [0.4, 0.5) is 4.39 Å². The van der Waals surface area contributed by atoms with Gasteiger partial charge in [0.2, 0.25) is 0 Å². The second kappa shape index (κ2) is 7.02. The number of rotatable bonds is 3. The van der Waals surface area contributed by atoms with Gasteiger partial charge in [0.1, 0.15) is 11.5 Å². The zero-order valence-electron chi connectivity index (χ0n) is 13.6. The fourth-order valence-electron chi connectivity index (χ4n) is 2.92. The highest BCUT2D eigenvalue weighted by Gasteiger charge is 2.20. The first-order valence-corrected chi connectivity index (χ1v) is 8.40. The molecule has 4 aromatic rings. The Bertz CT molecular complexity index is 1050. The Balaban J connectivity index is 2.08. The molecule has 0 amide bonds. The van der Waals surface area contributed by atoms with Gasteiger partial charge in [0.25, 0.3) is 0 Å². The van der Waals surface area contributed by atoms with Gasteiger partial charge in [0.15, 0.2) is 5.15 Å². The summed E-state index contributed by atoms with van der Waals surface area (Å²) < 4.78 is 13.8. The molecule has 126 valence electrons. The lowest BCUT2D eigenvalue weighted by Crippen LogP contribution is -1.98. The van der Waals surface area contributed by atoms with E-state index in [1.807, 2.05) is 48.5 Å². The van der Waals surface area contributed by atoms with Crippen LogP contribution in [0.15, 0.2) is 79.1 Å². The summed E-state index contributed by atoms with van der Waals surface area (Å²) in [6, 6.07) is 19.8. The van der Waals surface area contributed by atoms with Crippen molar-refractivity contribution < 1.29 is 4.39 Å². The Morgan fingerprint density at radius 1 is 0.692 bits per heavy atom. The van der Waals surface area contributed by atoms with Gasteiger partial charge in [-0.1, -0.05) is 54.1 Å². The van der Waals surface area contributed by atoms with Gasteiger partial charge in [0.05, 0.1) is 0 Å². The van der Waals surface area contributed by atoms with Crippen LogP contribution in [0.25, 0.3) is 33.5 Å². The molecule has 3 nitrogen and oxygen atoms in total. The summed E-state index contributed by atoms with van der Waals surface area (Å²) in [5, 5.41) is 8.70. The van der Waals surface area contributed by atoms with E-state index in [0.717, 1.165) is 22.3 Å². The van der Waals surface area contributed by atoms with E-state index in [1.165, 1.54) is 12.1 Å². The largest absolute Gasteiger partial charge is 0.265 e. The Labute approximate surface area is 155 Å². The van der Waals surface area contributed by atoms with Gasteiger partial charge in [-0.25, -0.2) is 4.39 Å². The van der Waals surface area contributed by atoms with E-state index >= 15 is 0 Å². The zero-order chi connectivity index (χ0) is 17.9. The minimum absolute atomic E-state index is 0.287. The summed E-state index contributed by atoms with van der Waals surface area (Å²) in [5.41, 5.74) is 4.57. The number of halogens is 2. The van der Waals surface area contributed by atoms with Crippen molar-refractivity contribution >= 4 is 11.6 Å². The molecule has 2 aromatic carbocycles. The van der Waals surface area contributed by atoms with E-state index in [-0.39, 0.29) is 11.0 Å².